The van der Waals surface area contributed by atoms with Gasteiger partial charge in [0.1, 0.15) is 11.5 Å². The summed E-state index contributed by atoms with van der Waals surface area (Å²) in [7, 11) is 1.75. The minimum absolute atomic E-state index is 0.0171. The van der Waals surface area contributed by atoms with Crippen molar-refractivity contribution in [2.75, 3.05) is 7.05 Å². The maximum absolute atomic E-state index is 12.3. The van der Waals surface area contributed by atoms with Crippen molar-refractivity contribution in [2.24, 2.45) is 0 Å². The molecule has 3 aromatic heterocycles. The molecule has 0 saturated heterocycles. The highest BCUT2D eigenvalue weighted by atomic mass is 16.5. The lowest BCUT2D eigenvalue weighted by atomic mass is 10.2. The lowest BCUT2D eigenvalue weighted by Gasteiger charge is -2.23. The Hall–Kier alpha value is -2.96. The highest BCUT2D eigenvalue weighted by molar-refractivity contribution is 5.76. The van der Waals surface area contributed by atoms with E-state index in [4.69, 9.17) is 8.94 Å². The summed E-state index contributed by atoms with van der Waals surface area (Å²) in [5, 5.41) is 3.90. The molecule has 0 fully saturated rings. The van der Waals surface area contributed by atoms with Gasteiger partial charge in [-0.05, 0) is 31.2 Å². The molecule has 1 amide bonds. The van der Waals surface area contributed by atoms with Crippen LogP contribution in [0.1, 0.15) is 31.0 Å². The van der Waals surface area contributed by atoms with E-state index in [2.05, 4.69) is 15.1 Å². The van der Waals surface area contributed by atoms with Crippen LogP contribution in [-0.2, 0) is 11.2 Å². The number of aryl methyl sites for hydroxylation is 1. The van der Waals surface area contributed by atoms with Crippen LogP contribution in [0.4, 0.5) is 0 Å². The number of carbonyl (C=O) groups is 1. The van der Waals surface area contributed by atoms with Crippen LogP contribution in [0.5, 0.6) is 0 Å². The van der Waals surface area contributed by atoms with E-state index in [0.717, 1.165) is 5.76 Å². The third-order valence-corrected chi connectivity index (χ3v) is 3.84. The fourth-order valence-electron chi connectivity index (χ4n) is 2.28. The molecule has 24 heavy (non-hydrogen) atoms. The minimum Gasteiger partial charge on any atom is -0.467 e. The third kappa shape index (κ3) is 3.51. The summed E-state index contributed by atoms with van der Waals surface area (Å²) in [6.45, 7) is 1.92. The average Bonchev–Trinajstić information content (AvgIpc) is 3.31. The molecule has 124 valence electrons. The molecule has 0 bridgehead atoms. The molecule has 7 nitrogen and oxygen atoms in total. The molecule has 0 spiro atoms. The first kappa shape index (κ1) is 15.9. The van der Waals surface area contributed by atoms with Crippen LogP contribution >= 0.6 is 0 Å². The van der Waals surface area contributed by atoms with Crippen molar-refractivity contribution in [2.45, 2.75) is 25.8 Å². The summed E-state index contributed by atoms with van der Waals surface area (Å²) in [5.41, 5.74) is 0.641. The molecule has 3 aromatic rings. The lowest BCUT2D eigenvalue weighted by molar-refractivity contribution is -0.132. The molecule has 0 saturated carbocycles. The summed E-state index contributed by atoms with van der Waals surface area (Å²) in [5.74, 6) is 1.58. The summed E-state index contributed by atoms with van der Waals surface area (Å²) in [6.07, 6.45) is 3.93. The molecular weight excluding hydrogens is 308 g/mol. The summed E-state index contributed by atoms with van der Waals surface area (Å²) >= 11 is 0. The van der Waals surface area contributed by atoms with Gasteiger partial charge in [0.25, 0.3) is 0 Å². The van der Waals surface area contributed by atoms with E-state index in [0.29, 0.717) is 23.8 Å². The van der Waals surface area contributed by atoms with Gasteiger partial charge in [0.2, 0.25) is 17.6 Å². The number of hydrogen-bond acceptors (Lipinski definition) is 6. The Labute approximate surface area is 139 Å². The fraction of sp³-hybridized carbons (Fsp3) is 0.294. The molecule has 7 heteroatoms. The second kappa shape index (κ2) is 7.08. The number of nitrogens with zero attached hydrogens (tertiary/aromatic N) is 4. The summed E-state index contributed by atoms with van der Waals surface area (Å²) in [6, 6.07) is 9.01. The Morgan fingerprint density at radius 2 is 2.17 bits per heavy atom. The molecule has 1 atom stereocenters. The van der Waals surface area contributed by atoms with Gasteiger partial charge >= 0.3 is 0 Å². The normalized spacial score (nSPS) is 12.1. The zero-order valence-corrected chi connectivity index (χ0v) is 13.5. The summed E-state index contributed by atoms with van der Waals surface area (Å²) in [4.78, 5) is 22.4. The van der Waals surface area contributed by atoms with Gasteiger partial charge in [0.05, 0.1) is 12.3 Å². The largest absolute Gasteiger partial charge is 0.467 e. The van der Waals surface area contributed by atoms with E-state index in [1.807, 2.05) is 31.2 Å². The topological polar surface area (TPSA) is 85.3 Å². The Morgan fingerprint density at radius 1 is 1.29 bits per heavy atom. The van der Waals surface area contributed by atoms with Crippen LogP contribution < -0.4 is 0 Å². The highest BCUT2D eigenvalue weighted by Gasteiger charge is 2.20. The highest BCUT2D eigenvalue weighted by Crippen LogP contribution is 2.20. The van der Waals surface area contributed by atoms with Gasteiger partial charge in [-0.15, -0.1) is 0 Å². The molecular formula is C17H18N4O3. The number of amides is 1. The van der Waals surface area contributed by atoms with Crippen molar-refractivity contribution in [3.05, 3.63) is 54.4 Å². The van der Waals surface area contributed by atoms with Crippen molar-refractivity contribution in [3.63, 3.8) is 0 Å². The number of carbonyl (C=O) groups excluding carboxylic acids is 1. The van der Waals surface area contributed by atoms with Gasteiger partial charge in [0.15, 0.2) is 0 Å². The lowest BCUT2D eigenvalue weighted by Crippen LogP contribution is -2.29. The van der Waals surface area contributed by atoms with Crippen LogP contribution in [0.3, 0.4) is 0 Å². The number of aromatic nitrogens is 3. The number of furan rings is 1. The third-order valence-electron chi connectivity index (χ3n) is 3.84. The SMILES string of the molecule is CC(c1ccco1)N(C)C(=O)CCc1nc(-c2ccccn2)no1. The van der Waals surface area contributed by atoms with Gasteiger partial charge in [-0.25, -0.2) is 0 Å². The zero-order valence-electron chi connectivity index (χ0n) is 13.5. The van der Waals surface area contributed by atoms with Crippen LogP contribution in [0.2, 0.25) is 0 Å². The Morgan fingerprint density at radius 3 is 2.88 bits per heavy atom. The first-order chi connectivity index (χ1) is 11.6. The molecule has 3 heterocycles. The average molecular weight is 326 g/mol. The van der Waals surface area contributed by atoms with Crippen molar-refractivity contribution in [1.82, 2.24) is 20.0 Å². The van der Waals surface area contributed by atoms with Crippen molar-refractivity contribution in [3.8, 4) is 11.5 Å². The monoisotopic (exact) mass is 326 g/mol. The van der Waals surface area contributed by atoms with E-state index in [9.17, 15) is 4.79 Å². The molecule has 1 unspecified atom stereocenters. The standard InChI is InChI=1S/C17H18N4O3/c1-12(14-7-5-11-23-14)21(2)16(22)9-8-15-19-17(20-24-15)13-6-3-4-10-18-13/h3-7,10-12H,8-9H2,1-2H3. The number of rotatable bonds is 6. The second-order valence-corrected chi connectivity index (χ2v) is 5.42. The molecule has 3 rings (SSSR count). The van der Waals surface area contributed by atoms with Crippen molar-refractivity contribution < 1.29 is 13.7 Å². The minimum atomic E-state index is -0.126. The number of hydrogen-bond donors (Lipinski definition) is 0. The molecule has 0 aliphatic heterocycles. The van der Waals surface area contributed by atoms with Gasteiger partial charge in [0, 0.05) is 26.1 Å². The van der Waals surface area contributed by atoms with E-state index < -0.39 is 0 Å². The van der Waals surface area contributed by atoms with Gasteiger partial charge in [-0.1, -0.05) is 11.2 Å². The molecule has 0 aliphatic carbocycles. The van der Waals surface area contributed by atoms with Crippen molar-refractivity contribution >= 4 is 5.91 Å². The molecule has 0 aromatic carbocycles. The van der Waals surface area contributed by atoms with Crippen LogP contribution in [-0.4, -0.2) is 33.0 Å². The zero-order chi connectivity index (χ0) is 16.9. The second-order valence-electron chi connectivity index (χ2n) is 5.42. The van der Waals surface area contributed by atoms with E-state index >= 15 is 0 Å². The Kier molecular flexibility index (Phi) is 4.69. The summed E-state index contributed by atoms with van der Waals surface area (Å²) < 4.78 is 10.5. The fourth-order valence-corrected chi connectivity index (χ4v) is 2.28. The van der Waals surface area contributed by atoms with Crippen LogP contribution in [0.25, 0.3) is 11.5 Å². The smallest absolute Gasteiger partial charge is 0.227 e. The van der Waals surface area contributed by atoms with E-state index in [-0.39, 0.29) is 18.4 Å². The first-order valence-corrected chi connectivity index (χ1v) is 7.68. The van der Waals surface area contributed by atoms with Crippen LogP contribution in [0.15, 0.2) is 51.7 Å². The molecule has 0 aliphatic rings. The van der Waals surface area contributed by atoms with Gasteiger partial charge in [-0.2, -0.15) is 4.98 Å². The number of pyridine rings is 1. The van der Waals surface area contributed by atoms with Crippen molar-refractivity contribution in [1.29, 1.82) is 0 Å². The van der Waals surface area contributed by atoms with E-state index in [1.54, 1.807) is 30.5 Å². The van der Waals surface area contributed by atoms with Crippen LogP contribution in [0, 0.1) is 0 Å². The molecule has 0 N–H and O–H groups in total. The maximum Gasteiger partial charge on any atom is 0.227 e. The van der Waals surface area contributed by atoms with E-state index in [1.165, 1.54) is 0 Å². The Balaban J connectivity index is 1.58. The maximum atomic E-state index is 12.3. The van der Waals surface area contributed by atoms with Gasteiger partial charge in [-0.3, -0.25) is 9.78 Å². The predicted molar refractivity (Wildman–Crippen MR) is 85.7 cm³/mol. The quantitative estimate of drug-likeness (QED) is 0.692. The first-order valence-electron chi connectivity index (χ1n) is 7.68. The predicted octanol–water partition coefficient (Wildman–Crippen LogP) is 2.88. The van der Waals surface area contributed by atoms with Gasteiger partial charge < -0.3 is 13.8 Å². The Bertz CT molecular complexity index is 783. The molecule has 0 radical (unpaired) electrons.